The molecule has 0 radical (unpaired) electrons. The zero-order chi connectivity index (χ0) is 36.6. The number of rotatable bonds is 24. The lowest BCUT2D eigenvalue weighted by atomic mass is 9.70. The van der Waals surface area contributed by atoms with E-state index in [1.165, 1.54) is 41.7 Å². The molecule has 0 saturated carbocycles. The average Bonchev–Trinajstić information content (AvgIpc) is 3.07. The summed E-state index contributed by atoms with van der Waals surface area (Å²) in [5.74, 6) is 0.261. The van der Waals surface area contributed by atoms with Crippen molar-refractivity contribution in [2.45, 2.75) is 128 Å². The van der Waals surface area contributed by atoms with Gasteiger partial charge in [0.2, 0.25) is 11.8 Å². The molecule has 2 aromatic rings. The third kappa shape index (κ3) is 18.2. The maximum atomic E-state index is 12.6. The quantitative estimate of drug-likeness (QED) is 0.0801. The van der Waals surface area contributed by atoms with Crippen LogP contribution in [-0.2, 0) is 20.4 Å². The van der Waals surface area contributed by atoms with E-state index in [4.69, 9.17) is 0 Å². The maximum Gasteiger partial charge on any atom is 0.221 e. The lowest BCUT2D eigenvalue weighted by molar-refractivity contribution is -0.856. The lowest BCUT2D eigenvalue weighted by Gasteiger charge is -2.35. The third-order valence-corrected chi connectivity index (χ3v) is 9.73. The number of amides is 2. The second kappa shape index (κ2) is 24.4. The van der Waals surface area contributed by atoms with Crippen LogP contribution in [0.4, 0.5) is 0 Å². The Labute approximate surface area is 300 Å². The van der Waals surface area contributed by atoms with E-state index < -0.39 is 0 Å². The monoisotopic (exact) mass is 682 g/mol. The molecule has 0 unspecified atom stereocenters. The highest BCUT2D eigenvalue weighted by Gasteiger charge is 2.34. The number of likely N-dealkylation sites (N-methyl/N-ethyl adjacent to an activating group) is 2. The molecule has 0 fully saturated rings. The number of hydrogen-bond acceptors (Lipinski definition) is 3. The molecule has 0 atom stereocenters. The zero-order valence-corrected chi connectivity index (χ0v) is 32.7. The van der Waals surface area contributed by atoms with Crippen molar-refractivity contribution >= 4 is 11.8 Å². The summed E-state index contributed by atoms with van der Waals surface area (Å²) < 4.78 is -0.379. The van der Waals surface area contributed by atoms with E-state index in [0.717, 1.165) is 64.5 Å². The van der Waals surface area contributed by atoms with Gasteiger partial charge < -0.3 is 25.4 Å². The van der Waals surface area contributed by atoms with Gasteiger partial charge in [-0.25, -0.2) is 0 Å². The Kier molecular flexibility index (Phi) is 22.1. The molecular weight excluding hydrogens is 608 g/mol. The molecule has 0 aliphatic carbocycles. The van der Waals surface area contributed by atoms with Gasteiger partial charge in [-0.1, -0.05) is 140 Å². The van der Waals surface area contributed by atoms with Crippen molar-refractivity contribution in [1.29, 1.82) is 0 Å². The van der Waals surface area contributed by atoms with E-state index in [0.29, 0.717) is 25.9 Å². The SMILES string of the molecule is CCCCC(CCCC)(CC(=O)NCC[N+](C)(C)[O-])c1ccccc1.CCCCC(CCCC)(CC(=O)NCC[NH+](C)C)c1ccccc1. The molecule has 0 bridgehead atoms. The first kappa shape index (κ1) is 44.3. The average molecular weight is 682 g/mol. The van der Waals surface area contributed by atoms with Gasteiger partial charge in [-0.3, -0.25) is 9.59 Å². The van der Waals surface area contributed by atoms with Crippen LogP contribution in [0, 0.1) is 5.21 Å². The molecule has 0 aliphatic rings. The van der Waals surface area contributed by atoms with Crippen LogP contribution in [0.3, 0.4) is 0 Å². The fourth-order valence-electron chi connectivity index (χ4n) is 6.69. The molecule has 2 rings (SSSR count). The first-order chi connectivity index (χ1) is 23.4. The van der Waals surface area contributed by atoms with Gasteiger partial charge in [0.05, 0.1) is 54.4 Å². The van der Waals surface area contributed by atoms with Gasteiger partial charge in [-0.2, -0.15) is 0 Å². The number of unbranched alkanes of at least 4 members (excludes halogenated alkanes) is 4. The Balaban J connectivity index is 0.000000490. The second-order valence-electron chi connectivity index (χ2n) is 15.0. The Morgan fingerprint density at radius 3 is 1.29 bits per heavy atom. The fraction of sp³-hybridized carbons (Fsp3) is 0.667. The minimum atomic E-state index is -0.379. The van der Waals surface area contributed by atoms with Crippen LogP contribution in [0.5, 0.6) is 0 Å². The van der Waals surface area contributed by atoms with Crippen molar-refractivity contribution in [2.75, 3.05) is 54.4 Å². The smallest absolute Gasteiger partial charge is 0.221 e. The molecule has 0 spiro atoms. The van der Waals surface area contributed by atoms with E-state index in [9.17, 15) is 14.8 Å². The molecule has 0 aliphatic heterocycles. The van der Waals surface area contributed by atoms with E-state index in [1.54, 1.807) is 14.1 Å². The summed E-state index contributed by atoms with van der Waals surface area (Å²) in [7, 11) is 7.43. The largest absolute Gasteiger partial charge is 0.633 e. The fourth-order valence-corrected chi connectivity index (χ4v) is 6.69. The van der Waals surface area contributed by atoms with Crippen LogP contribution in [0.15, 0.2) is 60.7 Å². The van der Waals surface area contributed by atoms with Crippen molar-refractivity contribution in [1.82, 2.24) is 10.6 Å². The molecule has 0 saturated heterocycles. The first-order valence-electron chi connectivity index (χ1n) is 19.3. The van der Waals surface area contributed by atoms with Gasteiger partial charge >= 0.3 is 0 Å². The van der Waals surface area contributed by atoms with E-state index in [2.05, 4.69) is 107 Å². The molecule has 2 aromatic carbocycles. The summed E-state index contributed by atoms with van der Waals surface area (Å²) in [5, 5.41) is 17.8. The number of carbonyl (C=O) groups is 2. The molecule has 0 aromatic heterocycles. The van der Waals surface area contributed by atoms with Crippen LogP contribution >= 0.6 is 0 Å². The summed E-state index contributed by atoms with van der Waals surface area (Å²) in [4.78, 5) is 26.6. The Bertz CT molecular complexity index is 1120. The minimum absolute atomic E-state index is 0.0116. The summed E-state index contributed by atoms with van der Waals surface area (Å²) >= 11 is 0. The lowest BCUT2D eigenvalue weighted by Crippen LogP contribution is -3.06. The Hall–Kier alpha value is -2.74. The van der Waals surface area contributed by atoms with Crippen LogP contribution in [0.2, 0.25) is 0 Å². The number of nitrogens with zero attached hydrogens (tertiary/aromatic N) is 1. The maximum absolute atomic E-state index is 12.6. The molecule has 0 heterocycles. The van der Waals surface area contributed by atoms with Gasteiger partial charge in [-0.15, -0.1) is 0 Å². The van der Waals surface area contributed by atoms with Crippen molar-refractivity contribution in [3.05, 3.63) is 77.0 Å². The van der Waals surface area contributed by atoms with Gasteiger partial charge in [0.15, 0.2) is 0 Å². The molecular formula is C42H73N4O3+. The van der Waals surface area contributed by atoms with Gasteiger partial charge in [0, 0.05) is 23.7 Å². The van der Waals surface area contributed by atoms with Crippen molar-refractivity contribution in [3.8, 4) is 0 Å². The van der Waals surface area contributed by atoms with Crippen LogP contribution in [-0.4, -0.2) is 70.8 Å². The highest BCUT2D eigenvalue weighted by Crippen LogP contribution is 2.40. The highest BCUT2D eigenvalue weighted by molar-refractivity contribution is 5.78. The highest BCUT2D eigenvalue weighted by atomic mass is 16.5. The number of quaternary nitrogens is 2. The molecule has 278 valence electrons. The standard InChI is InChI=1S/C21H36N2O2.C21H36N2O/c1-5-7-14-21(15-8-6-2,19-12-10-9-11-13-19)18-20(24)22-16-17-23(3,4)25;1-5-7-14-21(15-8-6-2,19-12-10-9-11-13-19)18-20(24)22-16-17-23(3)4/h9-13H,5-8,14-18H2,1-4H3,(H,22,24);9-13H,5-8,14-18H2,1-4H3,(H,22,24)/p+1. The van der Waals surface area contributed by atoms with E-state index in [1.807, 2.05) is 6.07 Å². The molecule has 3 N–H and O–H groups in total. The number of hydrogen-bond donors (Lipinski definition) is 3. The van der Waals surface area contributed by atoms with Crippen molar-refractivity contribution in [3.63, 3.8) is 0 Å². The van der Waals surface area contributed by atoms with E-state index >= 15 is 0 Å². The molecule has 7 nitrogen and oxygen atoms in total. The van der Waals surface area contributed by atoms with E-state index in [-0.39, 0.29) is 27.3 Å². The number of carbonyl (C=O) groups excluding carboxylic acids is 2. The molecule has 49 heavy (non-hydrogen) atoms. The first-order valence-corrected chi connectivity index (χ1v) is 19.3. The Morgan fingerprint density at radius 1 is 0.633 bits per heavy atom. The van der Waals surface area contributed by atoms with Crippen molar-refractivity contribution < 1.29 is 19.1 Å². The molecule has 7 heteroatoms. The van der Waals surface area contributed by atoms with Gasteiger partial charge in [0.25, 0.3) is 0 Å². The summed E-state index contributed by atoms with van der Waals surface area (Å²) in [6.07, 6.45) is 14.6. The summed E-state index contributed by atoms with van der Waals surface area (Å²) in [6, 6.07) is 21.2. The number of benzene rings is 2. The van der Waals surface area contributed by atoms with Crippen molar-refractivity contribution in [2.24, 2.45) is 0 Å². The second-order valence-corrected chi connectivity index (χ2v) is 15.0. The minimum Gasteiger partial charge on any atom is -0.633 e. The summed E-state index contributed by atoms with van der Waals surface area (Å²) in [5.41, 5.74) is 2.49. The third-order valence-electron chi connectivity index (χ3n) is 9.73. The van der Waals surface area contributed by atoms with Crippen LogP contribution < -0.4 is 15.5 Å². The van der Waals surface area contributed by atoms with Gasteiger partial charge in [-0.05, 0) is 36.8 Å². The number of hydroxylamine groups is 3. The molecule has 2 amide bonds. The van der Waals surface area contributed by atoms with Gasteiger partial charge in [0.1, 0.15) is 0 Å². The van der Waals surface area contributed by atoms with Crippen LogP contribution in [0.1, 0.15) is 129 Å². The Morgan fingerprint density at radius 2 is 0.980 bits per heavy atom. The topological polar surface area (TPSA) is 85.7 Å². The predicted octanol–water partition coefficient (Wildman–Crippen LogP) is 7.34. The number of nitrogens with one attached hydrogen (secondary N) is 3. The summed E-state index contributed by atoms with van der Waals surface area (Å²) in [6.45, 7) is 11.4. The predicted molar refractivity (Wildman–Crippen MR) is 208 cm³/mol. The van der Waals surface area contributed by atoms with Crippen LogP contribution in [0.25, 0.3) is 0 Å². The normalized spacial score (nSPS) is 12.0. The zero-order valence-electron chi connectivity index (χ0n) is 32.7.